The van der Waals surface area contributed by atoms with Crippen LogP contribution in [0.3, 0.4) is 0 Å². The molecule has 240 valence electrons. The van der Waals surface area contributed by atoms with Gasteiger partial charge in [0.25, 0.3) is 0 Å². The Morgan fingerprint density at radius 1 is 0.444 bits per heavy atom. The number of ether oxygens (including phenoxy) is 2. The molecule has 0 aliphatic heterocycles. The molecule has 45 heavy (non-hydrogen) atoms. The van der Waals surface area contributed by atoms with Gasteiger partial charge in [-0.15, -0.1) is 0 Å². The van der Waals surface area contributed by atoms with Crippen LogP contribution in [-0.4, -0.2) is 25.3 Å². The van der Waals surface area contributed by atoms with Gasteiger partial charge in [-0.2, -0.15) is 0 Å². The maximum atomic E-state index is 6.00. The van der Waals surface area contributed by atoms with Crippen molar-refractivity contribution in [3.8, 4) is 11.5 Å². The van der Waals surface area contributed by atoms with Gasteiger partial charge in [0.15, 0.2) is 0 Å². The summed E-state index contributed by atoms with van der Waals surface area (Å²) in [7, 11) is 0. The predicted molar refractivity (Wildman–Crippen MR) is 189 cm³/mol. The van der Waals surface area contributed by atoms with Crippen LogP contribution in [0, 0.1) is 0 Å². The fourth-order valence-electron chi connectivity index (χ4n) is 5.91. The van der Waals surface area contributed by atoms with E-state index in [0.29, 0.717) is 24.2 Å². The Balaban J connectivity index is 1.01. The molecule has 4 aromatic rings. The van der Waals surface area contributed by atoms with Gasteiger partial charge >= 0.3 is 0 Å². The van der Waals surface area contributed by atoms with Gasteiger partial charge in [-0.05, 0) is 99.9 Å². The third-order valence-corrected chi connectivity index (χ3v) is 8.42. The highest BCUT2D eigenvalue weighted by molar-refractivity contribution is 5.29. The molecule has 0 spiro atoms. The lowest BCUT2D eigenvalue weighted by molar-refractivity contribution is 0.293. The predicted octanol–water partition coefficient (Wildman–Crippen LogP) is 9.66. The van der Waals surface area contributed by atoms with E-state index in [0.717, 1.165) is 50.4 Å². The fourth-order valence-corrected chi connectivity index (χ4v) is 5.91. The van der Waals surface area contributed by atoms with Gasteiger partial charge in [-0.1, -0.05) is 104 Å². The van der Waals surface area contributed by atoms with Crippen molar-refractivity contribution in [2.75, 3.05) is 13.2 Å². The highest BCUT2D eigenvalue weighted by Crippen LogP contribution is 2.19. The first-order valence-corrected chi connectivity index (χ1v) is 17.0. The van der Waals surface area contributed by atoms with Crippen molar-refractivity contribution in [2.24, 2.45) is 0 Å². The lowest BCUT2D eigenvalue weighted by atomic mass is 10.0. The molecule has 0 radical (unpaired) electrons. The number of hydrogen-bond donors (Lipinski definition) is 2. The second-order valence-electron chi connectivity index (χ2n) is 12.6. The lowest BCUT2D eigenvalue weighted by Gasteiger charge is -2.20. The number of rotatable bonds is 20. The molecule has 4 atom stereocenters. The van der Waals surface area contributed by atoms with Crippen LogP contribution in [0.5, 0.6) is 11.5 Å². The van der Waals surface area contributed by atoms with Crippen molar-refractivity contribution in [1.82, 2.24) is 10.6 Å². The smallest absolute Gasteiger partial charge is 0.119 e. The lowest BCUT2D eigenvalue weighted by Crippen LogP contribution is -2.30. The van der Waals surface area contributed by atoms with Gasteiger partial charge in [-0.25, -0.2) is 0 Å². The molecule has 4 nitrogen and oxygen atoms in total. The first-order valence-electron chi connectivity index (χ1n) is 17.0. The van der Waals surface area contributed by atoms with E-state index in [-0.39, 0.29) is 0 Å². The summed E-state index contributed by atoms with van der Waals surface area (Å²) in [5.74, 6) is 1.92. The van der Waals surface area contributed by atoms with Gasteiger partial charge < -0.3 is 20.1 Å². The SMILES string of the molecule is C[C@H](Cc1ccc(OCCCCCCCOc2ccc(C[C@@H](C)N[C@H](C)c3ccccc3)cc2)cc1)N[C@H](C)c1ccccc1. The van der Waals surface area contributed by atoms with Gasteiger partial charge in [-0.3, -0.25) is 0 Å². The van der Waals surface area contributed by atoms with Crippen molar-refractivity contribution in [1.29, 1.82) is 0 Å². The van der Waals surface area contributed by atoms with Crippen LogP contribution in [0.4, 0.5) is 0 Å². The molecule has 0 saturated heterocycles. The quantitative estimate of drug-likeness (QED) is 0.0983. The Labute approximate surface area is 272 Å². The molecule has 4 rings (SSSR count). The molecular weight excluding hydrogens is 552 g/mol. The molecule has 4 aromatic carbocycles. The second-order valence-corrected chi connectivity index (χ2v) is 12.6. The summed E-state index contributed by atoms with van der Waals surface area (Å²) in [6.45, 7) is 10.5. The van der Waals surface area contributed by atoms with Crippen molar-refractivity contribution in [3.05, 3.63) is 131 Å². The summed E-state index contributed by atoms with van der Waals surface area (Å²) in [6, 6.07) is 39.9. The number of unbranched alkanes of at least 4 members (excludes halogenated alkanes) is 4. The number of nitrogens with one attached hydrogen (secondary N) is 2. The van der Waals surface area contributed by atoms with Crippen LogP contribution in [0.1, 0.15) is 94.1 Å². The van der Waals surface area contributed by atoms with Crippen LogP contribution in [0.2, 0.25) is 0 Å². The maximum Gasteiger partial charge on any atom is 0.119 e. The Morgan fingerprint density at radius 2 is 0.800 bits per heavy atom. The van der Waals surface area contributed by atoms with Crippen molar-refractivity contribution in [3.63, 3.8) is 0 Å². The zero-order valence-corrected chi connectivity index (χ0v) is 27.9. The van der Waals surface area contributed by atoms with E-state index in [9.17, 15) is 0 Å². The summed E-state index contributed by atoms with van der Waals surface area (Å²) < 4.78 is 12.0. The topological polar surface area (TPSA) is 42.5 Å². The minimum absolute atomic E-state index is 0.339. The molecule has 0 heterocycles. The van der Waals surface area contributed by atoms with E-state index >= 15 is 0 Å². The summed E-state index contributed by atoms with van der Waals surface area (Å²) in [5.41, 5.74) is 5.31. The molecule has 0 bridgehead atoms. The number of hydrogen-bond acceptors (Lipinski definition) is 4. The molecule has 0 fully saturated rings. The molecule has 0 saturated carbocycles. The summed E-state index contributed by atoms with van der Waals surface area (Å²) in [5, 5.41) is 7.42. The van der Waals surface area contributed by atoms with Crippen LogP contribution < -0.4 is 20.1 Å². The Hall–Kier alpha value is -3.60. The monoisotopic (exact) mass is 606 g/mol. The largest absolute Gasteiger partial charge is 0.494 e. The summed E-state index contributed by atoms with van der Waals surface area (Å²) in [6.07, 6.45) is 7.75. The second kappa shape index (κ2) is 19.0. The zero-order chi connectivity index (χ0) is 31.7. The molecule has 0 amide bonds. The minimum Gasteiger partial charge on any atom is -0.494 e. The number of benzene rings is 4. The van der Waals surface area contributed by atoms with E-state index in [1.54, 1.807) is 0 Å². The highest BCUT2D eigenvalue weighted by atomic mass is 16.5. The van der Waals surface area contributed by atoms with Crippen LogP contribution in [0.25, 0.3) is 0 Å². The van der Waals surface area contributed by atoms with Gasteiger partial charge in [0.05, 0.1) is 13.2 Å². The van der Waals surface area contributed by atoms with Crippen LogP contribution in [0.15, 0.2) is 109 Å². The average Bonchev–Trinajstić information content (AvgIpc) is 3.06. The van der Waals surface area contributed by atoms with Gasteiger partial charge in [0, 0.05) is 24.2 Å². The molecule has 0 aromatic heterocycles. The molecular formula is C41H54N2O2. The molecule has 0 unspecified atom stereocenters. The molecule has 4 heteroatoms. The van der Waals surface area contributed by atoms with Gasteiger partial charge in [0.1, 0.15) is 11.5 Å². The first-order chi connectivity index (χ1) is 22.0. The van der Waals surface area contributed by atoms with Crippen molar-refractivity contribution in [2.45, 2.75) is 96.8 Å². The van der Waals surface area contributed by atoms with E-state index in [4.69, 9.17) is 9.47 Å². The van der Waals surface area contributed by atoms with E-state index < -0.39 is 0 Å². The fraction of sp³-hybridized carbons (Fsp3) is 0.415. The summed E-state index contributed by atoms with van der Waals surface area (Å²) >= 11 is 0. The van der Waals surface area contributed by atoms with Crippen LogP contribution >= 0.6 is 0 Å². The normalized spacial score (nSPS) is 14.0. The van der Waals surface area contributed by atoms with E-state index in [1.165, 1.54) is 41.5 Å². The van der Waals surface area contributed by atoms with E-state index in [2.05, 4.69) is 148 Å². The third-order valence-electron chi connectivity index (χ3n) is 8.42. The standard InChI is InChI=1S/C41H54N2O2/c1-32(42-34(3)38-16-10-8-11-17-38)30-36-20-24-40(25-21-36)44-28-14-6-5-7-15-29-45-41-26-22-37(23-27-41)31-33(2)43-35(4)39-18-12-9-13-19-39/h8-13,16-27,32-35,42-43H,5-7,14-15,28-31H2,1-4H3/t32-,33-,34-,35-/m1/s1. The first kappa shape index (κ1) is 34.3. The Bertz CT molecular complexity index is 1220. The van der Waals surface area contributed by atoms with E-state index in [1.807, 2.05) is 0 Å². The highest BCUT2D eigenvalue weighted by Gasteiger charge is 2.11. The Kier molecular flexibility index (Phi) is 14.5. The maximum absolute atomic E-state index is 6.00. The van der Waals surface area contributed by atoms with Gasteiger partial charge in [0.2, 0.25) is 0 Å². The van der Waals surface area contributed by atoms with Crippen molar-refractivity contribution >= 4 is 0 Å². The average molecular weight is 607 g/mol. The summed E-state index contributed by atoms with van der Waals surface area (Å²) in [4.78, 5) is 0. The molecule has 0 aliphatic rings. The minimum atomic E-state index is 0.339. The third kappa shape index (κ3) is 12.7. The van der Waals surface area contributed by atoms with Crippen molar-refractivity contribution < 1.29 is 9.47 Å². The molecule has 0 aliphatic carbocycles. The Morgan fingerprint density at radius 3 is 1.18 bits per heavy atom. The molecule has 2 N–H and O–H groups in total. The zero-order valence-electron chi connectivity index (χ0n) is 27.9. The van der Waals surface area contributed by atoms with Crippen LogP contribution in [-0.2, 0) is 12.8 Å².